The molecular weight excluding hydrogens is 190 g/mol. The Morgan fingerprint density at radius 2 is 2.40 bits per heavy atom. The second kappa shape index (κ2) is 3.83. The largest absolute Gasteiger partial charge is 0.342 e. The van der Waals surface area contributed by atoms with Gasteiger partial charge in [-0.3, -0.25) is 15.1 Å². The summed E-state index contributed by atoms with van der Waals surface area (Å²) in [7, 11) is 0. The van der Waals surface area contributed by atoms with Gasteiger partial charge in [-0.15, -0.1) is 0 Å². The van der Waals surface area contributed by atoms with Gasteiger partial charge in [-0.05, 0) is 31.6 Å². The predicted octanol–water partition coefficient (Wildman–Crippen LogP) is 1.03. The molecule has 0 radical (unpaired) electrons. The molecule has 1 amide bonds. The van der Waals surface area contributed by atoms with E-state index in [1.807, 2.05) is 0 Å². The first kappa shape index (κ1) is 10.5. The van der Waals surface area contributed by atoms with Crippen LogP contribution in [0.25, 0.3) is 0 Å². The molecule has 0 aromatic rings. The van der Waals surface area contributed by atoms with E-state index in [9.17, 15) is 4.79 Å². The maximum Gasteiger partial charge on any atom is 0.252 e. The van der Waals surface area contributed by atoms with Crippen molar-refractivity contribution in [2.75, 3.05) is 6.54 Å². The highest BCUT2D eigenvalue weighted by Gasteiger charge is 2.48. The molecule has 0 bridgehead atoms. The summed E-state index contributed by atoms with van der Waals surface area (Å²) >= 11 is 0. The van der Waals surface area contributed by atoms with Crippen LogP contribution in [0, 0.1) is 5.92 Å². The number of nitrogens with one attached hydrogen (secondary N) is 2. The molecular formula is C11H19N3O. The van der Waals surface area contributed by atoms with E-state index in [0.29, 0.717) is 11.9 Å². The summed E-state index contributed by atoms with van der Waals surface area (Å²) in [6.07, 6.45) is 4.00. The maximum atomic E-state index is 11.9. The van der Waals surface area contributed by atoms with Gasteiger partial charge in [0.15, 0.2) is 5.96 Å². The summed E-state index contributed by atoms with van der Waals surface area (Å²) in [4.78, 5) is 16.2. The van der Waals surface area contributed by atoms with Crippen molar-refractivity contribution in [3.63, 3.8) is 0 Å². The van der Waals surface area contributed by atoms with Crippen molar-refractivity contribution in [3.05, 3.63) is 0 Å². The number of guanidine groups is 1. The molecule has 1 saturated heterocycles. The van der Waals surface area contributed by atoms with Gasteiger partial charge in [0.25, 0.3) is 5.91 Å². The molecule has 1 aliphatic heterocycles. The molecule has 84 valence electrons. The third-order valence-corrected chi connectivity index (χ3v) is 3.28. The smallest absolute Gasteiger partial charge is 0.252 e. The van der Waals surface area contributed by atoms with Gasteiger partial charge in [0.2, 0.25) is 0 Å². The Morgan fingerprint density at radius 3 is 3.00 bits per heavy atom. The second-order valence-electron chi connectivity index (χ2n) is 4.74. The summed E-state index contributed by atoms with van der Waals surface area (Å²) < 4.78 is 0. The monoisotopic (exact) mass is 209 g/mol. The van der Waals surface area contributed by atoms with Crippen LogP contribution in [0.2, 0.25) is 0 Å². The number of hydrogen-bond acceptors (Lipinski definition) is 2. The molecule has 2 unspecified atom stereocenters. The van der Waals surface area contributed by atoms with Crippen LogP contribution < -0.4 is 10.6 Å². The number of rotatable bonds is 2. The molecule has 0 aromatic carbocycles. The molecule has 1 saturated carbocycles. The molecule has 15 heavy (non-hydrogen) atoms. The van der Waals surface area contributed by atoms with Crippen molar-refractivity contribution in [3.8, 4) is 0 Å². The van der Waals surface area contributed by atoms with Crippen molar-refractivity contribution in [1.29, 1.82) is 0 Å². The molecule has 4 heteroatoms. The van der Waals surface area contributed by atoms with Crippen molar-refractivity contribution in [1.82, 2.24) is 10.6 Å². The molecule has 2 fully saturated rings. The van der Waals surface area contributed by atoms with Gasteiger partial charge in [0.05, 0.1) is 0 Å². The van der Waals surface area contributed by atoms with E-state index in [4.69, 9.17) is 0 Å². The van der Waals surface area contributed by atoms with Crippen LogP contribution in [0.5, 0.6) is 0 Å². The summed E-state index contributed by atoms with van der Waals surface area (Å²) in [6.45, 7) is 5.05. The van der Waals surface area contributed by atoms with Gasteiger partial charge in [0, 0.05) is 6.54 Å². The quantitative estimate of drug-likeness (QED) is 0.713. The molecule has 4 nitrogen and oxygen atoms in total. The number of aliphatic imine (C=N–C) groups is 1. The highest BCUT2D eigenvalue weighted by Crippen LogP contribution is 2.36. The van der Waals surface area contributed by atoms with Crippen LogP contribution in [0.3, 0.4) is 0 Å². The number of nitrogens with zero attached hydrogens (tertiary/aromatic N) is 1. The summed E-state index contributed by atoms with van der Waals surface area (Å²) in [5.74, 6) is 1.42. The first-order chi connectivity index (χ1) is 7.16. The SMILES string of the molecule is CCCN=C1NC(=O)C2(CCC(C)C2)N1. The lowest BCUT2D eigenvalue weighted by Crippen LogP contribution is -2.44. The van der Waals surface area contributed by atoms with Crippen LogP contribution >= 0.6 is 0 Å². The fourth-order valence-electron chi connectivity index (χ4n) is 2.46. The van der Waals surface area contributed by atoms with E-state index in [0.717, 1.165) is 32.2 Å². The molecule has 1 aliphatic carbocycles. The average Bonchev–Trinajstić information content (AvgIpc) is 2.70. The van der Waals surface area contributed by atoms with Crippen molar-refractivity contribution in [2.45, 2.75) is 45.1 Å². The van der Waals surface area contributed by atoms with Crippen molar-refractivity contribution >= 4 is 11.9 Å². The molecule has 1 spiro atoms. The van der Waals surface area contributed by atoms with E-state index in [-0.39, 0.29) is 11.4 Å². The molecule has 0 aromatic heterocycles. The van der Waals surface area contributed by atoms with E-state index in [1.54, 1.807) is 0 Å². The van der Waals surface area contributed by atoms with E-state index < -0.39 is 0 Å². The molecule has 2 atom stereocenters. The normalized spacial score (nSPS) is 37.3. The number of carbonyl (C=O) groups is 1. The average molecular weight is 209 g/mol. The lowest BCUT2D eigenvalue weighted by molar-refractivity contribution is -0.123. The lowest BCUT2D eigenvalue weighted by Gasteiger charge is -2.19. The Bertz CT molecular complexity index is 300. The Labute approximate surface area is 90.5 Å². The third-order valence-electron chi connectivity index (χ3n) is 3.28. The van der Waals surface area contributed by atoms with E-state index in [2.05, 4.69) is 29.5 Å². The standard InChI is InChI=1S/C11H19N3O/c1-3-6-12-10-13-9(15)11(14-10)5-4-8(2)7-11/h8H,3-7H2,1-2H3,(H2,12,13,14,15). The summed E-state index contributed by atoms with van der Waals surface area (Å²) in [5.41, 5.74) is -0.341. The molecule has 2 N–H and O–H groups in total. The molecule has 2 aliphatic rings. The van der Waals surface area contributed by atoms with Gasteiger partial charge in [0.1, 0.15) is 5.54 Å². The number of amides is 1. The summed E-state index contributed by atoms with van der Waals surface area (Å²) in [5, 5.41) is 6.11. The van der Waals surface area contributed by atoms with Gasteiger partial charge in [-0.2, -0.15) is 0 Å². The van der Waals surface area contributed by atoms with Gasteiger partial charge >= 0.3 is 0 Å². The minimum Gasteiger partial charge on any atom is -0.342 e. The molecule has 1 heterocycles. The zero-order chi connectivity index (χ0) is 10.9. The number of carbonyl (C=O) groups excluding carboxylic acids is 1. The highest BCUT2D eigenvalue weighted by atomic mass is 16.2. The maximum absolute atomic E-state index is 11.9. The van der Waals surface area contributed by atoms with Crippen molar-refractivity contribution in [2.24, 2.45) is 10.9 Å². The van der Waals surface area contributed by atoms with Crippen LogP contribution in [-0.2, 0) is 4.79 Å². The van der Waals surface area contributed by atoms with E-state index >= 15 is 0 Å². The first-order valence-electron chi connectivity index (χ1n) is 5.80. The fraction of sp³-hybridized carbons (Fsp3) is 0.818. The highest BCUT2D eigenvalue weighted by molar-refractivity contribution is 6.09. The molecule has 2 rings (SSSR count). The zero-order valence-electron chi connectivity index (χ0n) is 9.47. The Hall–Kier alpha value is -1.06. The van der Waals surface area contributed by atoms with Crippen LogP contribution in [-0.4, -0.2) is 24.0 Å². The van der Waals surface area contributed by atoms with Gasteiger partial charge in [-0.1, -0.05) is 13.8 Å². The third kappa shape index (κ3) is 1.85. The minimum absolute atomic E-state index is 0.113. The minimum atomic E-state index is -0.341. The van der Waals surface area contributed by atoms with Crippen LogP contribution in [0.1, 0.15) is 39.5 Å². The second-order valence-corrected chi connectivity index (χ2v) is 4.74. The Morgan fingerprint density at radius 1 is 1.60 bits per heavy atom. The summed E-state index contributed by atoms with van der Waals surface area (Å²) in [6, 6.07) is 0. The number of hydrogen-bond donors (Lipinski definition) is 2. The lowest BCUT2D eigenvalue weighted by atomic mass is 9.97. The first-order valence-corrected chi connectivity index (χ1v) is 5.80. The van der Waals surface area contributed by atoms with Crippen LogP contribution in [0.15, 0.2) is 4.99 Å². The fourth-order valence-corrected chi connectivity index (χ4v) is 2.46. The predicted molar refractivity (Wildman–Crippen MR) is 59.6 cm³/mol. The Kier molecular flexibility index (Phi) is 2.67. The zero-order valence-corrected chi connectivity index (χ0v) is 9.47. The van der Waals surface area contributed by atoms with Gasteiger partial charge < -0.3 is 5.32 Å². The van der Waals surface area contributed by atoms with Gasteiger partial charge in [-0.25, -0.2) is 0 Å². The topological polar surface area (TPSA) is 53.5 Å². The van der Waals surface area contributed by atoms with Crippen LogP contribution in [0.4, 0.5) is 0 Å². The Balaban J connectivity index is 2.07. The van der Waals surface area contributed by atoms with E-state index in [1.165, 1.54) is 0 Å². The van der Waals surface area contributed by atoms with Crippen molar-refractivity contribution < 1.29 is 4.79 Å².